The third-order valence-electron chi connectivity index (χ3n) is 6.10. The van der Waals surface area contributed by atoms with E-state index in [1.807, 2.05) is 12.1 Å². The molecule has 0 unspecified atom stereocenters. The summed E-state index contributed by atoms with van der Waals surface area (Å²) < 4.78 is 0. The molecule has 1 heterocycles. The summed E-state index contributed by atoms with van der Waals surface area (Å²) in [6, 6.07) is 12.5. The molecule has 1 aromatic heterocycles. The highest BCUT2D eigenvalue weighted by Crippen LogP contribution is 2.45. The van der Waals surface area contributed by atoms with Gasteiger partial charge in [-0.25, -0.2) is 4.99 Å². The van der Waals surface area contributed by atoms with Crippen LogP contribution in [0.3, 0.4) is 0 Å². The van der Waals surface area contributed by atoms with Gasteiger partial charge in [0.1, 0.15) is 5.00 Å². The van der Waals surface area contributed by atoms with Crippen molar-refractivity contribution in [3.05, 3.63) is 79.1 Å². The molecule has 3 nitrogen and oxygen atoms in total. The van der Waals surface area contributed by atoms with Gasteiger partial charge in [-0.1, -0.05) is 67.7 Å². The molecule has 172 valence electrons. The van der Waals surface area contributed by atoms with Gasteiger partial charge in [0.15, 0.2) is 0 Å². The smallest absolute Gasteiger partial charge is 0.259 e. The molecule has 0 spiro atoms. The fourth-order valence-corrected chi connectivity index (χ4v) is 5.86. The maximum Gasteiger partial charge on any atom is 0.259 e. The first kappa shape index (κ1) is 24.3. The second kappa shape index (κ2) is 9.79. The number of hydrogen-bond acceptors (Lipinski definition) is 3. The second-order valence-corrected chi connectivity index (χ2v) is 11.7. The Morgan fingerprint density at radius 1 is 1.12 bits per heavy atom. The van der Waals surface area contributed by atoms with Gasteiger partial charge in [-0.3, -0.25) is 4.79 Å². The normalized spacial score (nSPS) is 16.1. The topological polar surface area (TPSA) is 41.5 Å². The fraction of sp³-hybridized carbons (Fsp3) is 0.308. The zero-order valence-electron chi connectivity index (χ0n) is 18.7. The van der Waals surface area contributed by atoms with E-state index in [4.69, 9.17) is 39.8 Å². The highest BCUT2D eigenvalue weighted by Gasteiger charge is 2.33. The van der Waals surface area contributed by atoms with Crippen molar-refractivity contribution in [2.45, 2.75) is 40.0 Å². The highest BCUT2D eigenvalue weighted by molar-refractivity contribution is 7.16. The van der Waals surface area contributed by atoms with Gasteiger partial charge >= 0.3 is 0 Å². The molecule has 1 atom stereocenters. The summed E-state index contributed by atoms with van der Waals surface area (Å²) in [5, 5.41) is 5.25. The first-order valence-electron chi connectivity index (χ1n) is 10.8. The second-order valence-electron chi connectivity index (χ2n) is 9.35. The number of anilines is 1. The summed E-state index contributed by atoms with van der Waals surface area (Å²) in [5.41, 5.74) is 3.38. The Morgan fingerprint density at radius 2 is 1.85 bits per heavy atom. The molecule has 33 heavy (non-hydrogen) atoms. The third-order valence-corrected chi connectivity index (χ3v) is 8.35. The van der Waals surface area contributed by atoms with Crippen LogP contribution in [0.25, 0.3) is 0 Å². The van der Waals surface area contributed by atoms with Crippen molar-refractivity contribution in [2.24, 2.45) is 16.3 Å². The number of carbonyl (C=O) groups is 1. The van der Waals surface area contributed by atoms with E-state index in [2.05, 4.69) is 26.1 Å². The third kappa shape index (κ3) is 5.46. The molecule has 1 aliphatic rings. The van der Waals surface area contributed by atoms with Crippen molar-refractivity contribution < 1.29 is 4.79 Å². The summed E-state index contributed by atoms with van der Waals surface area (Å²) >= 11 is 20.1. The number of carbonyl (C=O) groups excluding carboxylic acids is 1. The number of halogens is 3. The number of fused-ring (bicyclic) bond motifs is 1. The molecular formula is C26H25Cl3N2OS. The summed E-state index contributed by atoms with van der Waals surface area (Å²) in [7, 11) is 0. The molecule has 0 aliphatic heterocycles. The number of amides is 1. The Bertz CT molecular complexity index is 1210. The van der Waals surface area contributed by atoms with Crippen LogP contribution in [0.15, 0.2) is 47.5 Å². The maximum atomic E-state index is 13.4. The molecular weight excluding hydrogens is 495 g/mol. The van der Waals surface area contributed by atoms with Crippen molar-refractivity contribution in [1.82, 2.24) is 0 Å². The Labute approximate surface area is 213 Å². The van der Waals surface area contributed by atoms with Crippen molar-refractivity contribution in [2.75, 3.05) is 5.32 Å². The van der Waals surface area contributed by atoms with Gasteiger partial charge in [-0.05, 0) is 66.5 Å². The van der Waals surface area contributed by atoms with Crippen LogP contribution in [0.5, 0.6) is 0 Å². The summed E-state index contributed by atoms with van der Waals surface area (Å²) in [6.07, 6.45) is 4.56. The standard InChI is InChI=1S/C26H25Cl3N2OS/c1-26(2,3)16-7-12-19-21(13-16)33-25(30-14-15-5-4-6-20(28)23(15)29)22(19)24(32)31-18-10-8-17(27)9-11-18/h4-6,8-11,14,16H,7,12-13H2,1-3H3,(H,31,32)/t16-/m0/s1. The van der Waals surface area contributed by atoms with Crippen LogP contribution in [-0.4, -0.2) is 12.1 Å². The minimum Gasteiger partial charge on any atom is -0.322 e. The van der Waals surface area contributed by atoms with E-state index in [-0.39, 0.29) is 11.3 Å². The summed E-state index contributed by atoms with van der Waals surface area (Å²) in [4.78, 5) is 19.4. The van der Waals surface area contributed by atoms with E-state index in [9.17, 15) is 4.79 Å². The van der Waals surface area contributed by atoms with E-state index in [0.717, 1.165) is 24.8 Å². The number of aliphatic imine (C=N–C) groups is 1. The average Bonchev–Trinajstić information content (AvgIpc) is 3.13. The van der Waals surface area contributed by atoms with Crippen LogP contribution in [0, 0.1) is 11.3 Å². The summed E-state index contributed by atoms with van der Waals surface area (Å²) in [5.74, 6) is 0.406. The van der Waals surface area contributed by atoms with Crippen LogP contribution < -0.4 is 5.32 Å². The van der Waals surface area contributed by atoms with Gasteiger partial charge in [0.25, 0.3) is 5.91 Å². The van der Waals surface area contributed by atoms with Gasteiger partial charge in [-0.15, -0.1) is 11.3 Å². The Hall–Kier alpha value is -1.85. The number of hydrogen-bond donors (Lipinski definition) is 1. The fourth-order valence-electron chi connectivity index (χ4n) is 4.11. The quantitative estimate of drug-likeness (QED) is 0.344. The molecule has 0 saturated heterocycles. The lowest BCUT2D eigenvalue weighted by molar-refractivity contribution is 0.102. The van der Waals surface area contributed by atoms with Crippen LogP contribution in [0.4, 0.5) is 10.7 Å². The van der Waals surface area contributed by atoms with Gasteiger partial charge in [0.2, 0.25) is 0 Å². The molecule has 0 fully saturated rings. The number of nitrogens with one attached hydrogen (secondary N) is 1. The van der Waals surface area contributed by atoms with Crippen molar-refractivity contribution >= 4 is 68.9 Å². The van der Waals surface area contributed by atoms with Crippen LogP contribution in [0.2, 0.25) is 15.1 Å². The SMILES string of the molecule is CC(C)(C)[C@H]1CCc2c(sc(N=Cc3cccc(Cl)c3Cl)c2C(=O)Nc2ccc(Cl)cc2)C1. The summed E-state index contributed by atoms with van der Waals surface area (Å²) in [6.45, 7) is 6.85. The number of rotatable bonds is 4. The van der Waals surface area contributed by atoms with Crippen molar-refractivity contribution in [3.63, 3.8) is 0 Å². The van der Waals surface area contributed by atoms with E-state index in [0.29, 0.717) is 42.8 Å². The molecule has 7 heteroatoms. The Balaban J connectivity index is 1.72. The van der Waals surface area contributed by atoms with Crippen molar-refractivity contribution in [1.29, 1.82) is 0 Å². The van der Waals surface area contributed by atoms with E-state index in [1.54, 1.807) is 47.9 Å². The Morgan fingerprint density at radius 3 is 2.55 bits per heavy atom. The first-order valence-corrected chi connectivity index (χ1v) is 12.8. The van der Waals surface area contributed by atoms with Gasteiger partial charge < -0.3 is 5.32 Å². The molecule has 0 bridgehead atoms. The Kier molecular flexibility index (Phi) is 7.20. The van der Waals surface area contributed by atoms with Crippen LogP contribution in [-0.2, 0) is 12.8 Å². The lowest BCUT2D eigenvalue weighted by Crippen LogP contribution is -2.27. The van der Waals surface area contributed by atoms with E-state index >= 15 is 0 Å². The molecule has 1 amide bonds. The lowest BCUT2D eigenvalue weighted by atomic mass is 9.72. The van der Waals surface area contributed by atoms with Crippen LogP contribution >= 0.6 is 46.1 Å². The highest BCUT2D eigenvalue weighted by atomic mass is 35.5. The van der Waals surface area contributed by atoms with Gasteiger partial charge in [0.05, 0.1) is 15.6 Å². The largest absolute Gasteiger partial charge is 0.322 e. The molecule has 1 N–H and O–H groups in total. The van der Waals surface area contributed by atoms with Gasteiger partial charge in [0, 0.05) is 27.4 Å². The molecule has 4 rings (SSSR count). The molecule has 3 aromatic rings. The minimum absolute atomic E-state index is 0.159. The first-order chi connectivity index (χ1) is 15.6. The number of nitrogens with zero attached hydrogens (tertiary/aromatic N) is 1. The van der Waals surface area contributed by atoms with Crippen LogP contribution in [0.1, 0.15) is 53.6 Å². The van der Waals surface area contributed by atoms with Gasteiger partial charge in [-0.2, -0.15) is 0 Å². The molecule has 0 saturated carbocycles. The lowest BCUT2D eigenvalue weighted by Gasteiger charge is -2.33. The molecule has 1 aliphatic carbocycles. The van der Waals surface area contributed by atoms with E-state index in [1.165, 1.54) is 4.88 Å². The minimum atomic E-state index is -0.159. The predicted octanol–water partition coefficient (Wildman–Crippen LogP) is 8.86. The zero-order chi connectivity index (χ0) is 23.8. The number of thiophene rings is 1. The predicted molar refractivity (Wildman–Crippen MR) is 142 cm³/mol. The number of benzene rings is 2. The molecule has 2 aromatic carbocycles. The molecule has 0 radical (unpaired) electrons. The maximum absolute atomic E-state index is 13.4. The van der Waals surface area contributed by atoms with E-state index < -0.39 is 0 Å². The zero-order valence-corrected chi connectivity index (χ0v) is 21.8. The monoisotopic (exact) mass is 518 g/mol. The van der Waals surface area contributed by atoms with Crippen molar-refractivity contribution in [3.8, 4) is 0 Å². The average molecular weight is 520 g/mol.